The Bertz CT molecular complexity index is 328. The molecule has 1 aromatic rings. The van der Waals surface area contributed by atoms with Crippen molar-refractivity contribution in [3.05, 3.63) is 16.8 Å². The van der Waals surface area contributed by atoms with Gasteiger partial charge in [0.2, 0.25) is 5.22 Å². The fourth-order valence-electron chi connectivity index (χ4n) is 1.24. The molecule has 1 aromatic heterocycles. The number of aromatic nitrogens is 1. The van der Waals surface area contributed by atoms with Crippen molar-refractivity contribution >= 4 is 11.6 Å². The summed E-state index contributed by atoms with van der Waals surface area (Å²) < 4.78 is 5.32. The topological polar surface area (TPSA) is 52.0 Å². The summed E-state index contributed by atoms with van der Waals surface area (Å²) in [7, 11) is 0. The Balaban J connectivity index is 2.36. The van der Waals surface area contributed by atoms with Gasteiger partial charge in [-0.15, -0.1) is 0 Å². The van der Waals surface area contributed by atoms with Crippen LogP contribution in [0.5, 0.6) is 0 Å². The molecule has 1 aliphatic rings. The highest BCUT2D eigenvalue weighted by atomic mass is 35.5. The van der Waals surface area contributed by atoms with Crippen molar-refractivity contribution < 1.29 is 4.42 Å². The standard InChI is InChI=1S/C9H13ClN2O/c1-5(2)8-12-6(7(10)13-8)9(11)3-4-9/h5H,3-4,11H2,1-2H3. The number of halogens is 1. The molecule has 1 fully saturated rings. The van der Waals surface area contributed by atoms with E-state index in [-0.39, 0.29) is 11.5 Å². The summed E-state index contributed by atoms with van der Waals surface area (Å²) in [5.74, 6) is 0.935. The van der Waals surface area contributed by atoms with E-state index in [0.29, 0.717) is 11.1 Å². The summed E-state index contributed by atoms with van der Waals surface area (Å²) in [6.07, 6.45) is 1.91. The van der Waals surface area contributed by atoms with Crippen LogP contribution in [0.25, 0.3) is 0 Å². The van der Waals surface area contributed by atoms with Gasteiger partial charge in [-0.3, -0.25) is 0 Å². The SMILES string of the molecule is CC(C)c1nc(C2(N)CC2)c(Cl)o1. The van der Waals surface area contributed by atoms with Crippen LogP contribution in [0.1, 0.15) is 44.2 Å². The molecule has 0 unspecified atom stereocenters. The lowest BCUT2D eigenvalue weighted by Crippen LogP contribution is -2.19. The van der Waals surface area contributed by atoms with Crippen molar-refractivity contribution in [3.8, 4) is 0 Å². The average Bonchev–Trinajstić information content (AvgIpc) is 2.63. The second-order valence-corrected chi connectivity index (χ2v) is 4.33. The van der Waals surface area contributed by atoms with Gasteiger partial charge in [-0.2, -0.15) is 0 Å². The van der Waals surface area contributed by atoms with Crippen LogP contribution in [-0.2, 0) is 5.54 Å². The molecular formula is C9H13ClN2O. The van der Waals surface area contributed by atoms with Gasteiger partial charge in [0, 0.05) is 5.92 Å². The number of nitrogens with zero attached hydrogens (tertiary/aromatic N) is 1. The lowest BCUT2D eigenvalue weighted by atomic mass is 10.2. The molecule has 3 nitrogen and oxygen atoms in total. The van der Waals surface area contributed by atoms with Crippen LogP contribution in [0.4, 0.5) is 0 Å². The molecule has 0 aromatic carbocycles. The lowest BCUT2D eigenvalue weighted by molar-refractivity contribution is 0.472. The van der Waals surface area contributed by atoms with Gasteiger partial charge in [-0.05, 0) is 24.4 Å². The predicted octanol–water partition coefficient (Wildman–Crippen LogP) is 2.40. The number of rotatable bonds is 2. The van der Waals surface area contributed by atoms with Crippen LogP contribution >= 0.6 is 11.6 Å². The molecule has 0 spiro atoms. The molecule has 4 heteroatoms. The Labute approximate surface area is 82.3 Å². The van der Waals surface area contributed by atoms with Crippen molar-refractivity contribution in [1.29, 1.82) is 0 Å². The first-order valence-electron chi connectivity index (χ1n) is 4.48. The van der Waals surface area contributed by atoms with Gasteiger partial charge in [0.15, 0.2) is 5.89 Å². The quantitative estimate of drug-likeness (QED) is 0.798. The second kappa shape index (κ2) is 2.72. The smallest absolute Gasteiger partial charge is 0.219 e. The Morgan fingerprint density at radius 1 is 1.54 bits per heavy atom. The summed E-state index contributed by atoms with van der Waals surface area (Å²) in [4.78, 5) is 4.32. The monoisotopic (exact) mass is 200 g/mol. The van der Waals surface area contributed by atoms with E-state index < -0.39 is 0 Å². The van der Waals surface area contributed by atoms with Crippen LogP contribution in [0.15, 0.2) is 4.42 Å². The van der Waals surface area contributed by atoms with Crippen molar-refractivity contribution in [2.75, 3.05) is 0 Å². The van der Waals surface area contributed by atoms with Gasteiger partial charge in [0.05, 0.1) is 5.54 Å². The van der Waals surface area contributed by atoms with Crippen molar-refractivity contribution in [2.24, 2.45) is 5.73 Å². The van der Waals surface area contributed by atoms with Crippen LogP contribution < -0.4 is 5.73 Å². The highest BCUT2D eigenvalue weighted by Gasteiger charge is 2.45. The Morgan fingerprint density at radius 2 is 2.15 bits per heavy atom. The first-order valence-corrected chi connectivity index (χ1v) is 4.86. The molecule has 1 aliphatic carbocycles. The molecule has 72 valence electrons. The molecule has 1 saturated carbocycles. The van der Waals surface area contributed by atoms with Gasteiger partial charge in [-0.1, -0.05) is 13.8 Å². The lowest BCUT2D eigenvalue weighted by Gasteiger charge is -2.01. The van der Waals surface area contributed by atoms with Crippen LogP contribution in [0, 0.1) is 0 Å². The van der Waals surface area contributed by atoms with E-state index in [2.05, 4.69) is 4.98 Å². The summed E-state index contributed by atoms with van der Waals surface area (Å²) in [6, 6.07) is 0. The van der Waals surface area contributed by atoms with E-state index in [4.69, 9.17) is 21.8 Å². The van der Waals surface area contributed by atoms with E-state index in [1.807, 2.05) is 13.8 Å². The van der Waals surface area contributed by atoms with Crippen LogP contribution in [-0.4, -0.2) is 4.98 Å². The van der Waals surface area contributed by atoms with E-state index >= 15 is 0 Å². The molecule has 1 heterocycles. The molecular weight excluding hydrogens is 188 g/mol. The summed E-state index contributed by atoms with van der Waals surface area (Å²) >= 11 is 5.90. The largest absolute Gasteiger partial charge is 0.429 e. The second-order valence-electron chi connectivity index (χ2n) is 3.99. The highest BCUT2D eigenvalue weighted by Crippen LogP contribution is 2.45. The minimum absolute atomic E-state index is 0.258. The Kier molecular flexibility index (Phi) is 1.89. The zero-order chi connectivity index (χ0) is 9.64. The zero-order valence-corrected chi connectivity index (χ0v) is 8.56. The Morgan fingerprint density at radius 3 is 2.54 bits per heavy atom. The first kappa shape index (κ1) is 9.03. The third kappa shape index (κ3) is 1.46. The van der Waals surface area contributed by atoms with E-state index in [0.717, 1.165) is 18.5 Å². The van der Waals surface area contributed by atoms with Gasteiger partial charge in [-0.25, -0.2) is 4.98 Å². The van der Waals surface area contributed by atoms with Gasteiger partial charge in [0.25, 0.3) is 0 Å². The molecule has 0 amide bonds. The third-order valence-corrected chi connectivity index (χ3v) is 2.61. The molecule has 0 radical (unpaired) electrons. The Hall–Kier alpha value is -0.540. The van der Waals surface area contributed by atoms with Crippen molar-refractivity contribution in [1.82, 2.24) is 4.98 Å². The van der Waals surface area contributed by atoms with E-state index in [9.17, 15) is 0 Å². The van der Waals surface area contributed by atoms with Crippen LogP contribution in [0.3, 0.4) is 0 Å². The first-order chi connectivity index (χ1) is 6.03. The molecule has 2 N–H and O–H groups in total. The van der Waals surface area contributed by atoms with E-state index in [1.165, 1.54) is 0 Å². The summed E-state index contributed by atoms with van der Waals surface area (Å²) in [6.45, 7) is 4.03. The molecule has 13 heavy (non-hydrogen) atoms. The maximum Gasteiger partial charge on any atom is 0.219 e. The highest BCUT2D eigenvalue weighted by molar-refractivity contribution is 6.29. The number of oxazole rings is 1. The van der Waals surface area contributed by atoms with Gasteiger partial charge in [0.1, 0.15) is 5.69 Å². The minimum Gasteiger partial charge on any atom is -0.429 e. The third-order valence-electron chi connectivity index (χ3n) is 2.36. The van der Waals surface area contributed by atoms with Crippen molar-refractivity contribution in [2.45, 2.75) is 38.1 Å². The maximum atomic E-state index is 5.98. The maximum absolute atomic E-state index is 5.98. The predicted molar refractivity (Wildman–Crippen MR) is 50.7 cm³/mol. The number of hydrogen-bond donors (Lipinski definition) is 1. The summed E-state index contributed by atoms with van der Waals surface area (Å²) in [5, 5.41) is 0.365. The van der Waals surface area contributed by atoms with Crippen molar-refractivity contribution in [3.63, 3.8) is 0 Å². The average molecular weight is 201 g/mol. The number of nitrogens with two attached hydrogens (primary N) is 1. The van der Waals surface area contributed by atoms with Gasteiger partial charge < -0.3 is 10.2 Å². The number of hydrogen-bond acceptors (Lipinski definition) is 3. The molecule has 0 saturated heterocycles. The van der Waals surface area contributed by atoms with E-state index in [1.54, 1.807) is 0 Å². The zero-order valence-electron chi connectivity index (χ0n) is 7.80. The molecule has 0 aliphatic heterocycles. The minimum atomic E-state index is -0.298. The van der Waals surface area contributed by atoms with Gasteiger partial charge >= 0.3 is 0 Å². The molecule has 0 atom stereocenters. The molecule has 2 rings (SSSR count). The normalized spacial score (nSPS) is 19.5. The fraction of sp³-hybridized carbons (Fsp3) is 0.667. The molecule has 0 bridgehead atoms. The fourth-order valence-corrected chi connectivity index (χ4v) is 1.55. The summed E-state index contributed by atoms with van der Waals surface area (Å²) in [5.41, 5.74) is 6.41. The van der Waals surface area contributed by atoms with Crippen LogP contribution in [0.2, 0.25) is 5.22 Å².